The Morgan fingerprint density at radius 3 is 1.75 bits per heavy atom. The van der Waals surface area contributed by atoms with Gasteiger partial charge in [-0.25, -0.2) is 0 Å². The van der Waals surface area contributed by atoms with Crippen molar-refractivity contribution < 1.29 is 4.74 Å². The van der Waals surface area contributed by atoms with Crippen molar-refractivity contribution in [3.8, 4) is 28.3 Å². The molecule has 0 amide bonds. The van der Waals surface area contributed by atoms with Crippen LogP contribution in [0.5, 0.6) is 11.5 Å². The number of aromatic nitrogens is 1. The molecule has 314 valence electrons. The predicted molar refractivity (Wildman–Crippen MR) is 269 cm³/mol. The number of nitrogens with zero attached hydrogens (tertiary/aromatic N) is 3. The number of anilines is 5. The molecule has 0 radical (unpaired) electrons. The molecule has 0 spiro atoms. The van der Waals surface area contributed by atoms with Gasteiger partial charge in [0.2, 0.25) is 0 Å². The van der Waals surface area contributed by atoms with Crippen LogP contribution >= 0.6 is 0 Å². The van der Waals surface area contributed by atoms with Gasteiger partial charge >= 0.3 is 6.85 Å². The Balaban J connectivity index is 1.35. The standard InChI is InChI=1S/C58H58BN3O/c1-55(2,3)35-22-26-40(27-23-35)61-46-31-36(56(4,5)6)24-28-43(46)59-53-48(61)34-47-51(41-20-16-17-21-44(41)60(47)39-18-14-13-15-19-39)52(53)42-30-38(58(10,11)12)33-50-54(42)62(59)45-29-25-37(57(7,8)9)32-49(45)63-50/h13-34H,1-12H3. The molecule has 0 saturated heterocycles. The van der Waals surface area contributed by atoms with Gasteiger partial charge in [0.05, 0.1) is 22.4 Å². The zero-order chi connectivity index (χ0) is 44.1. The van der Waals surface area contributed by atoms with Crippen LogP contribution in [0.2, 0.25) is 0 Å². The highest BCUT2D eigenvalue weighted by molar-refractivity contribution is 6.94. The summed E-state index contributed by atoms with van der Waals surface area (Å²) in [6.07, 6.45) is 0. The molecular formula is C58H58BN3O. The highest BCUT2D eigenvalue weighted by Gasteiger charge is 2.50. The summed E-state index contributed by atoms with van der Waals surface area (Å²) in [4.78, 5) is 5.23. The van der Waals surface area contributed by atoms with E-state index in [1.165, 1.54) is 77.5 Å². The molecule has 3 aliphatic heterocycles. The van der Waals surface area contributed by atoms with Crippen molar-refractivity contribution in [2.75, 3.05) is 9.71 Å². The maximum absolute atomic E-state index is 7.25. The first-order valence-corrected chi connectivity index (χ1v) is 22.8. The fraction of sp³-hybridized carbons (Fsp3) is 0.276. The van der Waals surface area contributed by atoms with E-state index >= 15 is 0 Å². The molecule has 0 fully saturated rings. The van der Waals surface area contributed by atoms with Crippen LogP contribution in [0.15, 0.2) is 133 Å². The first-order chi connectivity index (χ1) is 29.8. The van der Waals surface area contributed by atoms with E-state index in [1.54, 1.807) is 0 Å². The second kappa shape index (κ2) is 13.2. The Labute approximate surface area is 374 Å². The van der Waals surface area contributed by atoms with E-state index in [0.29, 0.717) is 0 Å². The van der Waals surface area contributed by atoms with Crippen LogP contribution in [0.4, 0.5) is 28.4 Å². The normalized spacial score (nSPS) is 14.4. The number of hydrogen-bond acceptors (Lipinski definition) is 3. The number of fused-ring (bicyclic) bond motifs is 10. The van der Waals surface area contributed by atoms with Crippen molar-refractivity contribution in [2.24, 2.45) is 0 Å². The molecule has 0 atom stereocenters. The summed E-state index contributed by atoms with van der Waals surface area (Å²) >= 11 is 0. The Kier molecular flexibility index (Phi) is 8.29. The highest BCUT2D eigenvalue weighted by Crippen LogP contribution is 2.59. The van der Waals surface area contributed by atoms with Crippen LogP contribution in [0.25, 0.3) is 38.6 Å². The van der Waals surface area contributed by atoms with Crippen LogP contribution < -0.4 is 25.4 Å². The molecule has 0 aliphatic carbocycles. The topological polar surface area (TPSA) is 20.6 Å². The monoisotopic (exact) mass is 823 g/mol. The van der Waals surface area contributed by atoms with Gasteiger partial charge in [-0.05, 0) is 127 Å². The van der Waals surface area contributed by atoms with Crippen LogP contribution in [-0.4, -0.2) is 11.4 Å². The van der Waals surface area contributed by atoms with E-state index in [-0.39, 0.29) is 28.5 Å². The van der Waals surface area contributed by atoms with E-state index < -0.39 is 0 Å². The second-order valence-electron chi connectivity index (χ2n) is 22.4. The largest absolute Gasteiger partial charge is 0.453 e. The first-order valence-electron chi connectivity index (χ1n) is 22.8. The SMILES string of the molecule is CC(C)(C)c1ccc(N2c3cc(C(C)(C)C)ccc3B3c4c2cc2c(c4-c4cc(C(C)(C)C)cc5c4N3c3ccc(C(C)(C)C)cc3O5)c3ccccc3n2-c2ccccc2)cc1. The highest BCUT2D eigenvalue weighted by atomic mass is 16.5. The molecule has 7 aromatic carbocycles. The molecule has 3 aliphatic rings. The van der Waals surface area contributed by atoms with Crippen molar-refractivity contribution in [3.05, 3.63) is 156 Å². The third-order valence-corrected chi connectivity index (χ3v) is 13.9. The van der Waals surface area contributed by atoms with Crippen molar-refractivity contribution >= 4 is 68.0 Å². The van der Waals surface area contributed by atoms with E-state index in [2.05, 4.69) is 231 Å². The third-order valence-electron chi connectivity index (χ3n) is 13.9. The fourth-order valence-corrected chi connectivity index (χ4v) is 10.4. The van der Waals surface area contributed by atoms with Gasteiger partial charge in [0.25, 0.3) is 0 Å². The molecule has 5 heteroatoms. The van der Waals surface area contributed by atoms with Crippen molar-refractivity contribution in [1.29, 1.82) is 0 Å². The van der Waals surface area contributed by atoms with E-state index in [4.69, 9.17) is 4.74 Å². The van der Waals surface area contributed by atoms with Crippen LogP contribution in [0.1, 0.15) is 105 Å². The summed E-state index contributed by atoms with van der Waals surface area (Å²) in [6, 6.07) is 50.9. The lowest BCUT2D eigenvalue weighted by Crippen LogP contribution is -2.62. The number of rotatable bonds is 2. The molecule has 11 rings (SSSR count). The molecule has 63 heavy (non-hydrogen) atoms. The molecule has 1 aromatic heterocycles. The minimum absolute atomic E-state index is 0.0281. The van der Waals surface area contributed by atoms with Crippen LogP contribution in [0.3, 0.4) is 0 Å². The lowest BCUT2D eigenvalue weighted by atomic mass is 9.43. The molecule has 8 aromatic rings. The number of hydrogen-bond donors (Lipinski definition) is 0. The van der Waals surface area contributed by atoms with E-state index in [0.717, 1.165) is 34.2 Å². The molecule has 0 N–H and O–H groups in total. The molecule has 4 heterocycles. The minimum atomic E-state index is -0.137. The lowest BCUT2D eigenvalue weighted by molar-refractivity contribution is 0.470. The van der Waals surface area contributed by atoms with Gasteiger partial charge < -0.3 is 19.0 Å². The Morgan fingerprint density at radius 1 is 0.460 bits per heavy atom. The molecule has 4 nitrogen and oxygen atoms in total. The van der Waals surface area contributed by atoms with Crippen molar-refractivity contribution in [1.82, 2.24) is 4.57 Å². The average molecular weight is 824 g/mol. The number of para-hydroxylation sites is 2. The van der Waals surface area contributed by atoms with Crippen LogP contribution in [0, 0.1) is 0 Å². The summed E-state index contributed by atoms with van der Waals surface area (Å²) < 4.78 is 9.74. The maximum atomic E-state index is 7.25. The number of benzene rings is 7. The zero-order valence-electron chi connectivity index (χ0n) is 39.0. The Morgan fingerprint density at radius 2 is 1.06 bits per heavy atom. The fourth-order valence-electron chi connectivity index (χ4n) is 10.4. The van der Waals surface area contributed by atoms with Gasteiger partial charge in [0, 0.05) is 39.1 Å². The third kappa shape index (κ3) is 5.95. The van der Waals surface area contributed by atoms with Gasteiger partial charge in [-0.2, -0.15) is 0 Å². The summed E-state index contributed by atoms with van der Waals surface area (Å²) in [5.74, 6) is 1.83. The van der Waals surface area contributed by atoms with E-state index in [9.17, 15) is 0 Å². The number of ether oxygens (including phenoxy) is 1. The molecule has 0 unspecified atom stereocenters. The molecule has 0 saturated carbocycles. The molecular weight excluding hydrogens is 765 g/mol. The summed E-state index contributed by atoms with van der Waals surface area (Å²) in [7, 11) is 0. The lowest BCUT2D eigenvalue weighted by Gasteiger charge is -2.48. The summed E-state index contributed by atoms with van der Waals surface area (Å²) in [5.41, 5.74) is 19.4. The smallest absolute Gasteiger partial charge is 0.333 e. The zero-order valence-corrected chi connectivity index (χ0v) is 39.0. The quantitative estimate of drug-likeness (QED) is 0.162. The van der Waals surface area contributed by atoms with Crippen LogP contribution in [-0.2, 0) is 21.7 Å². The first kappa shape index (κ1) is 39.6. The van der Waals surface area contributed by atoms with Gasteiger partial charge in [-0.15, -0.1) is 0 Å². The van der Waals surface area contributed by atoms with Crippen molar-refractivity contribution in [2.45, 2.75) is 105 Å². The minimum Gasteiger partial charge on any atom is -0.453 e. The Hall–Kier alpha value is -6.20. The Bertz CT molecular complexity index is 3180. The average Bonchev–Trinajstić information content (AvgIpc) is 3.56. The second-order valence-corrected chi connectivity index (χ2v) is 22.4. The molecule has 0 bridgehead atoms. The predicted octanol–water partition coefficient (Wildman–Crippen LogP) is 14.8. The van der Waals surface area contributed by atoms with E-state index in [1.807, 2.05) is 0 Å². The summed E-state index contributed by atoms with van der Waals surface area (Å²) in [6.45, 7) is 27.6. The van der Waals surface area contributed by atoms with Gasteiger partial charge in [0.15, 0.2) is 5.75 Å². The maximum Gasteiger partial charge on any atom is 0.333 e. The summed E-state index contributed by atoms with van der Waals surface area (Å²) in [5, 5.41) is 2.52. The van der Waals surface area contributed by atoms with Gasteiger partial charge in [-0.1, -0.05) is 150 Å². The van der Waals surface area contributed by atoms with Gasteiger partial charge in [0.1, 0.15) is 5.75 Å². The van der Waals surface area contributed by atoms with Gasteiger partial charge in [-0.3, -0.25) is 0 Å². The van der Waals surface area contributed by atoms with Crippen molar-refractivity contribution in [3.63, 3.8) is 0 Å².